The fourth-order valence-corrected chi connectivity index (χ4v) is 4.25. The number of benzene rings is 1. The third kappa shape index (κ3) is 4.46. The van der Waals surface area contributed by atoms with Crippen molar-refractivity contribution in [1.29, 1.82) is 0 Å². The predicted octanol–water partition coefficient (Wildman–Crippen LogP) is 2.09. The van der Waals surface area contributed by atoms with Crippen LogP contribution in [0.3, 0.4) is 0 Å². The van der Waals surface area contributed by atoms with Crippen LogP contribution in [0.4, 0.5) is 0 Å². The van der Waals surface area contributed by atoms with E-state index in [2.05, 4.69) is 10.3 Å². The van der Waals surface area contributed by atoms with Crippen LogP contribution < -0.4 is 10.2 Å². The number of rotatable bonds is 10. The third-order valence-corrected chi connectivity index (χ3v) is 5.62. The van der Waals surface area contributed by atoms with E-state index in [0.29, 0.717) is 35.4 Å². The second-order valence-corrected chi connectivity index (χ2v) is 7.06. The number of hydrogen-bond acceptors (Lipinski definition) is 7. The summed E-state index contributed by atoms with van der Waals surface area (Å²) in [7, 11) is -2.01. The van der Waals surface area contributed by atoms with Gasteiger partial charge in [-0.15, -0.1) is 5.10 Å². The molecule has 0 aliphatic heterocycles. The summed E-state index contributed by atoms with van der Waals surface area (Å²) in [4.78, 5) is 0. The molecule has 2 rings (SSSR count). The Kier molecular flexibility index (Phi) is 7.13. The Morgan fingerprint density at radius 2 is 1.80 bits per heavy atom. The topological polar surface area (TPSA) is 95.7 Å². The maximum Gasteiger partial charge on any atom is 0.381 e. The summed E-state index contributed by atoms with van der Waals surface area (Å²) in [6.07, 6.45) is 0.901. The summed E-state index contributed by atoms with van der Waals surface area (Å²) in [6.45, 7) is 3.96. The van der Waals surface area contributed by atoms with Crippen molar-refractivity contribution in [3.63, 3.8) is 0 Å². The van der Waals surface area contributed by atoms with Crippen LogP contribution >= 0.6 is 7.60 Å². The fraction of sp³-hybridized carbons (Fsp3) is 0.500. The molecule has 8 nitrogen and oxygen atoms in total. The summed E-state index contributed by atoms with van der Waals surface area (Å²) in [6, 6.07) is 7.13. The lowest BCUT2D eigenvalue weighted by molar-refractivity contribution is 0.228. The van der Waals surface area contributed by atoms with Gasteiger partial charge in [0.15, 0.2) is 5.44 Å². The monoisotopic (exact) mass is 369 g/mol. The highest BCUT2D eigenvalue weighted by atomic mass is 31.2. The van der Waals surface area contributed by atoms with Gasteiger partial charge in [-0.05, 0) is 51.0 Å². The first-order chi connectivity index (χ1) is 12.1. The Labute approximate surface area is 147 Å². The van der Waals surface area contributed by atoms with Gasteiger partial charge >= 0.3 is 7.60 Å². The van der Waals surface area contributed by atoms with Gasteiger partial charge in [-0.1, -0.05) is 5.21 Å². The largest absolute Gasteiger partial charge is 0.497 e. The molecular weight excluding hydrogens is 345 g/mol. The number of aromatic nitrogens is 3. The molecule has 0 unspecified atom stereocenters. The minimum atomic E-state index is -3.60. The standard InChI is InChI=1S/C16H24N3O5P/c1-4-23-25(21,24-5-2)16-15(7-6-12-20)17-18-19(16)13-8-10-14(22-3)11-9-13/h8-11,20H,4-7,12H2,1-3H3. The van der Waals surface area contributed by atoms with Gasteiger partial charge in [0.1, 0.15) is 5.75 Å². The first-order valence-corrected chi connectivity index (χ1v) is 9.73. The van der Waals surface area contributed by atoms with Crippen LogP contribution in [-0.2, 0) is 20.0 Å². The number of nitrogens with zero attached hydrogens (tertiary/aromatic N) is 3. The van der Waals surface area contributed by atoms with Gasteiger partial charge < -0.3 is 18.9 Å². The Morgan fingerprint density at radius 3 is 2.32 bits per heavy atom. The average Bonchev–Trinajstić information content (AvgIpc) is 3.05. The SMILES string of the molecule is CCOP(=O)(OCC)c1c(CCCO)nnn1-c1ccc(OC)cc1. The van der Waals surface area contributed by atoms with Crippen molar-refractivity contribution in [3.8, 4) is 11.4 Å². The molecule has 0 saturated carbocycles. The van der Waals surface area contributed by atoms with E-state index >= 15 is 0 Å². The smallest absolute Gasteiger partial charge is 0.381 e. The first-order valence-electron chi connectivity index (χ1n) is 8.19. The van der Waals surface area contributed by atoms with Crippen molar-refractivity contribution in [1.82, 2.24) is 15.0 Å². The Hall–Kier alpha value is -1.73. The van der Waals surface area contributed by atoms with Crippen molar-refractivity contribution in [2.75, 3.05) is 26.9 Å². The van der Waals surface area contributed by atoms with Crippen molar-refractivity contribution in [3.05, 3.63) is 30.0 Å². The zero-order valence-corrected chi connectivity index (χ0v) is 15.6. The van der Waals surface area contributed by atoms with E-state index in [1.165, 1.54) is 4.68 Å². The van der Waals surface area contributed by atoms with E-state index in [1.807, 2.05) is 0 Å². The van der Waals surface area contributed by atoms with Crippen LogP contribution in [0.2, 0.25) is 0 Å². The maximum atomic E-state index is 13.3. The van der Waals surface area contributed by atoms with Gasteiger partial charge in [-0.3, -0.25) is 4.57 Å². The van der Waals surface area contributed by atoms with Crippen molar-refractivity contribution < 1.29 is 23.5 Å². The molecule has 0 aliphatic rings. The van der Waals surface area contributed by atoms with E-state index in [9.17, 15) is 4.57 Å². The number of methoxy groups -OCH3 is 1. The summed E-state index contributed by atoms with van der Waals surface area (Å²) in [5.74, 6) is 0.698. The zero-order valence-electron chi connectivity index (χ0n) is 14.7. The highest BCUT2D eigenvalue weighted by Crippen LogP contribution is 2.48. The molecule has 9 heteroatoms. The molecule has 1 N–H and O–H groups in total. The lowest BCUT2D eigenvalue weighted by Gasteiger charge is -2.19. The minimum absolute atomic E-state index is 0.00239. The van der Waals surface area contributed by atoms with Gasteiger partial charge in [0.25, 0.3) is 0 Å². The van der Waals surface area contributed by atoms with Gasteiger partial charge in [-0.2, -0.15) is 0 Å². The van der Waals surface area contributed by atoms with Gasteiger partial charge in [-0.25, -0.2) is 4.68 Å². The van der Waals surface area contributed by atoms with Crippen LogP contribution in [0.1, 0.15) is 26.0 Å². The van der Waals surface area contributed by atoms with Crippen LogP contribution in [0.15, 0.2) is 24.3 Å². The number of aliphatic hydroxyl groups excluding tert-OH is 1. The summed E-state index contributed by atoms with van der Waals surface area (Å²) < 4.78 is 31.0. The minimum Gasteiger partial charge on any atom is -0.497 e. The highest BCUT2D eigenvalue weighted by Gasteiger charge is 2.36. The highest BCUT2D eigenvalue weighted by molar-refractivity contribution is 7.62. The molecule has 2 aromatic rings. The fourth-order valence-electron chi connectivity index (χ4n) is 2.39. The predicted molar refractivity (Wildman–Crippen MR) is 93.8 cm³/mol. The van der Waals surface area contributed by atoms with Crippen molar-refractivity contribution in [2.24, 2.45) is 0 Å². The number of ether oxygens (including phenoxy) is 1. The van der Waals surface area contributed by atoms with Gasteiger partial charge in [0, 0.05) is 6.61 Å². The molecule has 0 spiro atoms. The lowest BCUT2D eigenvalue weighted by Crippen LogP contribution is -2.23. The van der Waals surface area contributed by atoms with E-state index in [1.54, 1.807) is 45.2 Å². The van der Waals surface area contributed by atoms with Crippen LogP contribution in [0.25, 0.3) is 5.69 Å². The van der Waals surface area contributed by atoms with E-state index in [0.717, 1.165) is 0 Å². The molecule has 1 aromatic heterocycles. The number of aliphatic hydroxyl groups is 1. The lowest BCUT2D eigenvalue weighted by atomic mass is 10.2. The first kappa shape index (κ1) is 19.6. The van der Waals surface area contributed by atoms with Gasteiger partial charge in [0.05, 0.1) is 31.7 Å². The number of aryl methyl sites for hydroxylation is 1. The molecule has 0 aliphatic carbocycles. The molecule has 1 aromatic carbocycles. The van der Waals surface area contributed by atoms with E-state index in [4.69, 9.17) is 18.9 Å². The molecule has 0 saturated heterocycles. The second-order valence-electron chi connectivity index (χ2n) is 5.13. The summed E-state index contributed by atoms with van der Waals surface area (Å²) >= 11 is 0. The van der Waals surface area contributed by atoms with Gasteiger partial charge in [0.2, 0.25) is 0 Å². The molecule has 0 atom stereocenters. The van der Waals surface area contributed by atoms with Crippen LogP contribution in [-0.4, -0.2) is 47.0 Å². The Bertz CT molecular complexity index is 707. The van der Waals surface area contributed by atoms with Crippen molar-refractivity contribution >= 4 is 13.0 Å². The molecule has 138 valence electrons. The molecular formula is C16H24N3O5P. The summed E-state index contributed by atoms with van der Waals surface area (Å²) in [5, 5.41) is 17.4. The Balaban J connectivity index is 2.55. The second kappa shape index (κ2) is 9.10. The maximum absolute atomic E-state index is 13.3. The van der Waals surface area contributed by atoms with Crippen LogP contribution in [0, 0.1) is 0 Å². The normalized spacial score (nSPS) is 11.7. The van der Waals surface area contributed by atoms with E-state index in [-0.39, 0.29) is 19.8 Å². The third-order valence-electron chi connectivity index (χ3n) is 3.46. The molecule has 0 radical (unpaired) electrons. The molecule has 0 bridgehead atoms. The molecule has 0 amide bonds. The average molecular weight is 369 g/mol. The number of hydrogen-bond donors (Lipinski definition) is 1. The van der Waals surface area contributed by atoms with Crippen molar-refractivity contribution in [2.45, 2.75) is 26.7 Å². The van der Waals surface area contributed by atoms with Crippen LogP contribution in [0.5, 0.6) is 5.75 Å². The van der Waals surface area contributed by atoms with E-state index < -0.39 is 7.60 Å². The quantitative estimate of drug-likeness (QED) is 0.641. The zero-order chi connectivity index (χ0) is 18.3. The summed E-state index contributed by atoms with van der Waals surface area (Å²) in [5.41, 5.74) is 1.46. The Morgan fingerprint density at radius 1 is 1.16 bits per heavy atom. The molecule has 1 heterocycles. The molecule has 25 heavy (non-hydrogen) atoms. The molecule has 0 fully saturated rings.